The Kier molecular flexibility index (Phi) is 133. The van der Waals surface area contributed by atoms with Crippen molar-refractivity contribution in [3.63, 3.8) is 0 Å². The van der Waals surface area contributed by atoms with Crippen LogP contribution < -0.4 is 12.4 Å². The molecule has 0 aromatic heterocycles. The molecule has 0 unspecified atom stereocenters. The van der Waals surface area contributed by atoms with Gasteiger partial charge in [-0.3, -0.25) is 0 Å². The quantitative estimate of drug-likeness (QED) is 0.0338. The van der Waals surface area contributed by atoms with Crippen molar-refractivity contribution in [1.82, 2.24) is 0 Å². The Morgan fingerprint density at radius 1 is 0.232 bits per heavy atom. The molecule has 46 heteroatoms. The maximum absolute atomic E-state index is 10.7. The van der Waals surface area contributed by atoms with E-state index in [1.165, 1.54) is 0 Å². The summed E-state index contributed by atoms with van der Waals surface area (Å²) in [5.41, 5.74) is 0. The van der Waals surface area contributed by atoms with Gasteiger partial charge in [0.25, 0.3) is 0 Å². The molecule has 0 amide bonds. The van der Waals surface area contributed by atoms with E-state index in [0.29, 0.717) is 0 Å². The predicted octanol–water partition coefficient (Wildman–Crippen LogP) is 11.5. The van der Waals surface area contributed by atoms with Crippen molar-refractivity contribution in [2.75, 3.05) is 79.3 Å². The molecule has 0 aromatic carbocycles. The Labute approximate surface area is 676 Å². The second-order valence-electron chi connectivity index (χ2n) is 13.6. The Morgan fingerprint density at radius 3 is 0.317 bits per heavy atom. The monoisotopic (exact) mass is 2540 g/mol. The van der Waals surface area contributed by atoms with Gasteiger partial charge in [-0.15, -0.1) is 0 Å². The summed E-state index contributed by atoms with van der Waals surface area (Å²) in [6.45, 7) is 34.1. The van der Waals surface area contributed by atoms with E-state index in [0.717, 1.165) is 156 Å². The van der Waals surface area contributed by atoms with Gasteiger partial charge in [0.1, 0.15) is 0 Å². The minimum Gasteiger partial charge on any atom is -1.00 e. The fourth-order valence-corrected chi connectivity index (χ4v) is 19.2. The van der Waals surface area contributed by atoms with Gasteiger partial charge in [0, 0.05) is 0 Å². The molecular formula is C36H84ClCu8F6O12P7Se12. The summed E-state index contributed by atoms with van der Waals surface area (Å²) >= 11 is 35.2. The topological polar surface area (TPSA) is 111 Å². The third-order valence-electron chi connectivity index (χ3n) is 5.44. The SMILES string of the molecule is CCCOP(=[Se])([Se-])OCCC.CCCOP(=[Se])([Se-])OCCC.CCCOP(=[Se])([Se-])OCCC.CCCOP(=[Se])([Se-])OCCC.CCCOP(=[Se])([Se-])OCCC.CCCOP(=[Se])([Se-])OCCC.F[P-](F)(F)(F)(F)F.[Cl-].[Cu+].[Cu+].[Cu+].[Cu+].[Cu+].[Cu+].[Cu+].[Cu+]. The molecule has 0 aliphatic heterocycles. The fourth-order valence-electron chi connectivity index (χ4n) is 2.66. The van der Waals surface area contributed by atoms with Crippen LogP contribution in [0.2, 0.25) is 0 Å². The maximum atomic E-state index is 9.87. The molecule has 0 radical (unpaired) electrons. The maximum Gasteiger partial charge on any atom is 1.00 e. The summed E-state index contributed by atoms with van der Waals surface area (Å²) in [5.74, 6) is 0. The van der Waals surface area contributed by atoms with Crippen LogP contribution in [0.5, 0.6) is 0 Å². The fraction of sp³-hybridized carbons (Fsp3) is 1.00. The average molecular weight is 2530 g/mol. The van der Waals surface area contributed by atoms with E-state index < -0.39 is 35.7 Å². The van der Waals surface area contributed by atoms with Gasteiger partial charge in [0.2, 0.25) is 0 Å². The summed E-state index contributed by atoms with van der Waals surface area (Å²) in [4.78, 5) is 0. The first-order valence-electron chi connectivity index (χ1n) is 23.3. The van der Waals surface area contributed by atoms with Crippen LogP contribution in [0, 0.1) is 0 Å². The van der Waals surface area contributed by atoms with Crippen molar-refractivity contribution in [3.05, 3.63) is 0 Å². The molecular weight excluding hydrogens is 2450 g/mol. The first-order chi connectivity index (χ1) is 33.2. The molecule has 0 aliphatic carbocycles. The van der Waals surface area contributed by atoms with Gasteiger partial charge < -0.3 is 12.4 Å². The van der Waals surface area contributed by atoms with Gasteiger partial charge in [-0.25, -0.2) is 0 Å². The summed E-state index contributed by atoms with van der Waals surface area (Å²) in [5, 5.41) is 0. The molecule has 0 heterocycles. The molecule has 82 heavy (non-hydrogen) atoms. The Hall–Kier alpha value is 12.8. The second kappa shape index (κ2) is 81.1. The zero-order chi connectivity index (χ0) is 58.9. The van der Waals surface area contributed by atoms with Crippen LogP contribution >= 0.6 is 35.7 Å². The van der Waals surface area contributed by atoms with Crippen molar-refractivity contribution in [2.45, 2.75) is 160 Å². The van der Waals surface area contributed by atoms with Crippen LogP contribution in [0.3, 0.4) is 0 Å². The van der Waals surface area contributed by atoms with Crippen LogP contribution in [-0.4, -0.2) is 263 Å². The summed E-state index contributed by atoms with van der Waals surface area (Å²) in [7, 11) is -10.7. The van der Waals surface area contributed by atoms with E-state index in [-0.39, 0.29) is 149 Å². The molecule has 0 saturated carbocycles. The van der Waals surface area contributed by atoms with Gasteiger partial charge in [0.15, 0.2) is 0 Å². The van der Waals surface area contributed by atoms with Gasteiger partial charge in [-0.1, -0.05) is 0 Å². The first kappa shape index (κ1) is 134. The van der Waals surface area contributed by atoms with E-state index in [1.54, 1.807) is 0 Å². The number of hydrogen-bond donors (Lipinski definition) is 0. The van der Waals surface area contributed by atoms with Gasteiger partial charge in [0.05, 0.1) is 0 Å². The van der Waals surface area contributed by atoms with Gasteiger partial charge in [-0.2, -0.15) is 0 Å². The molecule has 0 saturated heterocycles. The third kappa shape index (κ3) is 148. The zero-order valence-electron chi connectivity index (χ0n) is 47.0. The molecule has 0 bridgehead atoms. The van der Waals surface area contributed by atoms with Crippen LogP contribution in [0.4, 0.5) is 25.2 Å². The minimum absolute atomic E-state index is 0. The van der Waals surface area contributed by atoms with Crippen LogP contribution in [0.15, 0.2) is 0 Å². The second-order valence-corrected chi connectivity index (χ2v) is 81.4. The van der Waals surface area contributed by atoms with E-state index in [4.69, 9.17) is 54.3 Å². The average Bonchev–Trinajstić information content (AvgIpc) is 3.29. The van der Waals surface area contributed by atoms with Crippen molar-refractivity contribution in [3.8, 4) is 0 Å². The van der Waals surface area contributed by atoms with Crippen molar-refractivity contribution < 1.29 is 228 Å². The Morgan fingerprint density at radius 2 is 0.280 bits per heavy atom. The third-order valence-corrected chi connectivity index (χ3v) is 27.4. The van der Waals surface area contributed by atoms with Gasteiger partial charge >= 0.3 is 675 Å². The number of halogens is 7. The summed E-state index contributed by atoms with van der Waals surface area (Å²) < 4.78 is 114. The van der Waals surface area contributed by atoms with Crippen LogP contribution in [-0.2, 0) is 191 Å². The molecule has 0 aliphatic rings. The Bertz CT molecular complexity index is 1280. The molecule has 0 fully saturated rings. The first-order valence-corrected chi connectivity index (χ1v) is 61.7. The number of hydrogen-bond acceptors (Lipinski definition) is 12. The summed E-state index contributed by atoms with van der Waals surface area (Å²) in [6.07, 6.45) is 12.3. The predicted molar refractivity (Wildman–Crippen MR) is 319 cm³/mol. The molecule has 0 N–H and O–H groups in total. The zero-order valence-corrected chi connectivity index (χ0v) is 82.1. The van der Waals surface area contributed by atoms with Crippen molar-refractivity contribution in [2.24, 2.45) is 0 Å². The van der Waals surface area contributed by atoms with E-state index in [1.807, 2.05) is 0 Å². The number of rotatable bonds is 36. The standard InChI is InChI=1S/6C6H15O2PSe2.ClH.8Cu.F6P/c6*1-3-5-7-9(10,11)8-6-4-2;;;;;;;;;;1-7(2,3,4,5)6/h6*3-6H2,1-2H3,(H,10,11);1H;;;;;;;;;/q;;;;;;;8*+1;-1/p-7. The summed E-state index contributed by atoms with van der Waals surface area (Å²) in [6, 6.07) is 0. The molecule has 0 aromatic rings. The molecule has 12 nitrogen and oxygen atoms in total. The van der Waals surface area contributed by atoms with Crippen LogP contribution in [0.1, 0.15) is 160 Å². The molecule has 0 spiro atoms. The van der Waals surface area contributed by atoms with E-state index in [2.05, 4.69) is 267 Å². The Balaban J connectivity index is -0.0000000436. The normalized spacial score (nSPS) is 11.6. The van der Waals surface area contributed by atoms with E-state index >= 15 is 0 Å². The smallest absolute Gasteiger partial charge is 1.00 e. The van der Waals surface area contributed by atoms with Crippen molar-refractivity contribution >= 4 is 220 Å². The van der Waals surface area contributed by atoms with Crippen molar-refractivity contribution in [1.29, 1.82) is 0 Å². The van der Waals surface area contributed by atoms with Crippen LogP contribution in [0.25, 0.3) is 0 Å². The minimum atomic E-state index is -10.7. The molecule has 544 valence electrons. The molecule has 0 rings (SSSR count). The van der Waals surface area contributed by atoms with E-state index in [9.17, 15) is 25.2 Å². The largest absolute Gasteiger partial charge is 1.00 e. The molecule has 0 atom stereocenters. The van der Waals surface area contributed by atoms with Gasteiger partial charge in [-0.05, 0) is 0 Å².